The Labute approximate surface area is 170 Å². The van der Waals surface area contributed by atoms with E-state index >= 15 is 0 Å². The lowest BCUT2D eigenvalue weighted by Gasteiger charge is -2.31. The highest BCUT2D eigenvalue weighted by molar-refractivity contribution is 6.24. The van der Waals surface area contributed by atoms with Crippen LogP contribution in [0.15, 0.2) is 54.6 Å². The first-order chi connectivity index (χ1) is 14.2. The van der Waals surface area contributed by atoms with Crippen LogP contribution in [-0.4, -0.2) is 16.8 Å². The molecule has 0 bridgehead atoms. The molecule has 2 heterocycles. The Morgan fingerprint density at radius 3 is 2.52 bits per heavy atom. The second-order valence-electron chi connectivity index (χ2n) is 8.37. The van der Waals surface area contributed by atoms with E-state index in [2.05, 4.69) is 24.0 Å². The number of imide groups is 1. The van der Waals surface area contributed by atoms with Gasteiger partial charge in [-0.15, -0.1) is 0 Å². The van der Waals surface area contributed by atoms with Crippen LogP contribution in [0.3, 0.4) is 0 Å². The van der Waals surface area contributed by atoms with Crippen molar-refractivity contribution >= 4 is 28.4 Å². The maximum absolute atomic E-state index is 13.6. The summed E-state index contributed by atoms with van der Waals surface area (Å²) >= 11 is 0. The number of hydrogen-bond donors (Lipinski definition) is 1. The number of unbranched alkanes of at least 4 members (excludes halogenated alkanes) is 2. The van der Waals surface area contributed by atoms with Crippen molar-refractivity contribution in [2.24, 2.45) is 11.8 Å². The van der Waals surface area contributed by atoms with Crippen LogP contribution < -0.4 is 4.90 Å². The molecule has 2 amide bonds. The van der Waals surface area contributed by atoms with E-state index in [0.29, 0.717) is 5.69 Å². The van der Waals surface area contributed by atoms with Gasteiger partial charge in [-0.3, -0.25) is 9.59 Å². The average Bonchev–Trinajstić information content (AvgIpc) is 3.24. The van der Waals surface area contributed by atoms with Crippen molar-refractivity contribution < 1.29 is 9.59 Å². The Kier molecular flexibility index (Phi) is 4.50. The van der Waals surface area contributed by atoms with E-state index in [1.54, 1.807) is 0 Å². The molecule has 2 aliphatic rings. The minimum atomic E-state index is -0.398. The van der Waals surface area contributed by atoms with Gasteiger partial charge in [0.25, 0.3) is 0 Å². The van der Waals surface area contributed by atoms with Crippen LogP contribution in [-0.2, 0) is 16.0 Å². The van der Waals surface area contributed by atoms with E-state index in [-0.39, 0.29) is 23.7 Å². The quantitative estimate of drug-likeness (QED) is 0.484. The third kappa shape index (κ3) is 2.81. The van der Waals surface area contributed by atoms with Gasteiger partial charge < -0.3 is 4.98 Å². The zero-order valence-corrected chi connectivity index (χ0v) is 16.7. The fourth-order valence-electron chi connectivity index (χ4n) is 5.33. The van der Waals surface area contributed by atoms with Crippen molar-refractivity contribution in [3.05, 3.63) is 65.9 Å². The predicted molar refractivity (Wildman–Crippen MR) is 115 cm³/mol. The zero-order valence-electron chi connectivity index (χ0n) is 16.7. The summed E-state index contributed by atoms with van der Waals surface area (Å²) in [5.41, 5.74) is 3.94. The number of carbonyl (C=O) groups excluding carboxylic acids is 2. The summed E-state index contributed by atoms with van der Waals surface area (Å²) in [6, 6.07) is 17.6. The summed E-state index contributed by atoms with van der Waals surface area (Å²) in [6.45, 7) is 2.20. The molecule has 0 saturated carbocycles. The molecule has 1 saturated heterocycles. The topological polar surface area (TPSA) is 53.2 Å². The maximum atomic E-state index is 13.6. The number of H-pyrrole nitrogens is 1. The second kappa shape index (κ2) is 7.18. The predicted octanol–water partition coefficient (Wildman–Crippen LogP) is 5.19. The SMILES string of the molecule is CCCCC[C@@H]1Cc2c([nH]c3ccccc23)[C@@H]2C(=O)N(c3ccccc3)C(=O)[C@H]12. The standard InChI is InChI=1S/C25H26N2O2/c1-2-3-5-10-16-15-19-18-13-8-9-14-20(18)26-23(19)22-21(16)24(28)27(25(22)29)17-11-6-4-7-12-17/h4,6-9,11-14,16,21-22,26H,2-3,5,10,15H2,1H3/t16-,21-,22-/m1/s1. The molecule has 3 aromatic rings. The number of aromatic amines is 1. The average molecular weight is 386 g/mol. The summed E-state index contributed by atoms with van der Waals surface area (Å²) in [4.78, 5) is 32.0. The third-order valence-corrected chi connectivity index (χ3v) is 6.68. The first-order valence-electron chi connectivity index (χ1n) is 10.7. The number of benzene rings is 2. The normalized spacial score (nSPS) is 23.5. The van der Waals surface area contributed by atoms with Crippen LogP contribution >= 0.6 is 0 Å². The molecular weight excluding hydrogens is 360 g/mol. The molecule has 1 aliphatic carbocycles. The summed E-state index contributed by atoms with van der Waals surface area (Å²) < 4.78 is 0. The number of anilines is 1. The number of rotatable bonds is 5. The van der Waals surface area contributed by atoms with Crippen molar-refractivity contribution in [3.63, 3.8) is 0 Å². The molecular formula is C25H26N2O2. The summed E-state index contributed by atoms with van der Waals surface area (Å²) in [5.74, 6) is -0.565. The summed E-state index contributed by atoms with van der Waals surface area (Å²) in [7, 11) is 0. The Morgan fingerprint density at radius 1 is 0.966 bits per heavy atom. The van der Waals surface area contributed by atoms with E-state index in [0.717, 1.165) is 36.9 Å². The smallest absolute Gasteiger partial charge is 0.243 e. The molecule has 1 aliphatic heterocycles. The van der Waals surface area contributed by atoms with Crippen molar-refractivity contribution in [1.29, 1.82) is 0 Å². The van der Waals surface area contributed by atoms with Crippen molar-refractivity contribution in [3.8, 4) is 0 Å². The van der Waals surface area contributed by atoms with Gasteiger partial charge in [-0.05, 0) is 42.5 Å². The van der Waals surface area contributed by atoms with Gasteiger partial charge in [-0.1, -0.05) is 62.6 Å². The summed E-state index contributed by atoms with van der Waals surface area (Å²) in [5, 5.41) is 1.19. The molecule has 1 aromatic heterocycles. The molecule has 3 atom stereocenters. The van der Waals surface area contributed by atoms with Gasteiger partial charge in [0.05, 0.1) is 17.5 Å². The molecule has 5 rings (SSSR count). The van der Waals surface area contributed by atoms with Crippen LogP contribution in [0.1, 0.15) is 49.8 Å². The lowest BCUT2D eigenvalue weighted by atomic mass is 9.70. The van der Waals surface area contributed by atoms with Gasteiger partial charge in [0.1, 0.15) is 0 Å². The fraction of sp³-hybridized carbons (Fsp3) is 0.360. The van der Waals surface area contributed by atoms with E-state index in [4.69, 9.17) is 0 Å². The van der Waals surface area contributed by atoms with Gasteiger partial charge >= 0.3 is 0 Å². The molecule has 1 fully saturated rings. The molecule has 1 N–H and O–H groups in total. The Morgan fingerprint density at radius 2 is 1.72 bits per heavy atom. The molecule has 2 aromatic carbocycles. The van der Waals surface area contributed by atoms with Gasteiger partial charge in [0, 0.05) is 16.6 Å². The highest BCUT2D eigenvalue weighted by Crippen LogP contribution is 2.49. The number of amides is 2. The number of para-hydroxylation sites is 2. The summed E-state index contributed by atoms with van der Waals surface area (Å²) in [6.07, 6.45) is 5.29. The number of nitrogens with zero attached hydrogens (tertiary/aromatic N) is 1. The van der Waals surface area contributed by atoms with Gasteiger partial charge in [-0.25, -0.2) is 4.90 Å². The second-order valence-corrected chi connectivity index (χ2v) is 8.37. The zero-order chi connectivity index (χ0) is 20.0. The number of aromatic nitrogens is 1. The number of nitrogens with one attached hydrogen (secondary N) is 1. The molecule has 4 heteroatoms. The van der Waals surface area contributed by atoms with Crippen molar-refractivity contribution in [2.75, 3.05) is 4.90 Å². The van der Waals surface area contributed by atoms with Crippen molar-refractivity contribution in [2.45, 2.75) is 44.9 Å². The van der Waals surface area contributed by atoms with Crippen LogP contribution in [0.5, 0.6) is 0 Å². The van der Waals surface area contributed by atoms with Gasteiger partial charge in [0.15, 0.2) is 0 Å². The van der Waals surface area contributed by atoms with E-state index in [9.17, 15) is 9.59 Å². The Hall–Kier alpha value is -2.88. The largest absolute Gasteiger partial charge is 0.357 e. The highest BCUT2D eigenvalue weighted by Gasteiger charge is 2.55. The number of fused-ring (bicyclic) bond motifs is 5. The molecule has 29 heavy (non-hydrogen) atoms. The molecule has 0 spiro atoms. The van der Waals surface area contributed by atoms with Crippen LogP contribution in [0.2, 0.25) is 0 Å². The monoisotopic (exact) mass is 386 g/mol. The lowest BCUT2D eigenvalue weighted by Crippen LogP contribution is -2.33. The van der Waals surface area contributed by atoms with Crippen LogP contribution in [0.4, 0.5) is 5.69 Å². The fourth-order valence-corrected chi connectivity index (χ4v) is 5.33. The Bertz CT molecular complexity index is 1070. The lowest BCUT2D eigenvalue weighted by molar-refractivity contribution is -0.123. The van der Waals surface area contributed by atoms with Crippen LogP contribution in [0, 0.1) is 11.8 Å². The maximum Gasteiger partial charge on any atom is 0.243 e. The van der Waals surface area contributed by atoms with Gasteiger partial charge in [-0.2, -0.15) is 0 Å². The van der Waals surface area contributed by atoms with Crippen molar-refractivity contribution in [1.82, 2.24) is 4.98 Å². The van der Waals surface area contributed by atoms with E-state index in [1.165, 1.54) is 22.3 Å². The highest BCUT2D eigenvalue weighted by atomic mass is 16.2. The molecule has 0 radical (unpaired) electrons. The minimum Gasteiger partial charge on any atom is -0.357 e. The number of hydrogen-bond acceptors (Lipinski definition) is 2. The molecule has 148 valence electrons. The van der Waals surface area contributed by atoms with Crippen LogP contribution in [0.25, 0.3) is 10.9 Å². The number of carbonyl (C=O) groups is 2. The third-order valence-electron chi connectivity index (χ3n) is 6.68. The van der Waals surface area contributed by atoms with Gasteiger partial charge in [0.2, 0.25) is 11.8 Å². The molecule has 4 nitrogen and oxygen atoms in total. The van der Waals surface area contributed by atoms with E-state index in [1.807, 2.05) is 42.5 Å². The Balaban J connectivity index is 1.62. The first kappa shape index (κ1) is 18.2. The van der Waals surface area contributed by atoms with E-state index < -0.39 is 5.92 Å². The first-order valence-corrected chi connectivity index (χ1v) is 10.7. The minimum absolute atomic E-state index is 0.0306. The molecule has 0 unspecified atom stereocenters.